The van der Waals surface area contributed by atoms with Crippen molar-refractivity contribution in [1.29, 1.82) is 0 Å². The van der Waals surface area contributed by atoms with Gasteiger partial charge in [-0.15, -0.1) is 0 Å². The molecule has 0 aliphatic carbocycles. The molecule has 0 saturated heterocycles. The first kappa shape index (κ1) is 15.7. The van der Waals surface area contributed by atoms with Crippen LogP contribution in [0.5, 0.6) is 0 Å². The number of fused-ring (bicyclic) bond motifs is 1. The van der Waals surface area contributed by atoms with E-state index in [-0.39, 0.29) is 11.3 Å². The van der Waals surface area contributed by atoms with Crippen molar-refractivity contribution in [1.82, 2.24) is 20.3 Å². The van der Waals surface area contributed by atoms with Gasteiger partial charge in [-0.1, -0.05) is 0 Å². The van der Waals surface area contributed by atoms with E-state index in [0.29, 0.717) is 28.9 Å². The highest BCUT2D eigenvalue weighted by Gasteiger charge is 2.19. The third kappa shape index (κ3) is 2.71. The molecule has 1 amide bonds. The third-order valence-corrected chi connectivity index (χ3v) is 3.40. The van der Waals surface area contributed by atoms with Crippen LogP contribution in [0.3, 0.4) is 0 Å². The van der Waals surface area contributed by atoms with Crippen molar-refractivity contribution in [3.63, 3.8) is 0 Å². The van der Waals surface area contributed by atoms with Crippen molar-refractivity contribution < 1.29 is 13.6 Å². The molecule has 0 spiro atoms. The number of rotatable bonds is 4. The maximum atomic E-state index is 14.1. The average molecular weight is 332 g/mol. The van der Waals surface area contributed by atoms with Crippen LogP contribution in [-0.2, 0) is 0 Å². The van der Waals surface area contributed by atoms with E-state index in [1.54, 1.807) is 19.3 Å². The normalized spacial score (nSPS) is 10.7. The Kier molecular flexibility index (Phi) is 3.98. The number of amides is 1. The molecule has 0 atom stereocenters. The number of halogens is 2. The molecule has 24 heavy (non-hydrogen) atoms. The number of hydrogen-bond acceptors (Lipinski definition) is 5. The summed E-state index contributed by atoms with van der Waals surface area (Å²) < 4.78 is 27.7. The van der Waals surface area contributed by atoms with E-state index in [1.165, 1.54) is 7.05 Å². The van der Waals surface area contributed by atoms with Gasteiger partial charge in [0.25, 0.3) is 5.91 Å². The van der Waals surface area contributed by atoms with Crippen LogP contribution in [0.4, 0.5) is 26.2 Å². The number of benzene rings is 1. The molecule has 2 heterocycles. The molecule has 0 saturated carbocycles. The zero-order valence-corrected chi connectivity index (χ0v) is 12.9. The summed E-state index contributed by atoms with van der Waals surface area (Å²) in [5.41, 5.74) is 0.206. The molecule has 0 unspecified atom stereocenters. The van der Waals surface area contributed by atoms with Gasteiger partial charge >= 0.3 is 0 Å². The van der Waals surface area contributed by atoms with Gasteiger partial charge in [-0.25, -0.2) is 8.78 Å². The summed E-state index contributed by atoms with van der Waals surface area (Å²) in [5, 5.41) is 8.56. The number of H-pyrrole nitrogens is 1. The summed E-state index contributed by atoms with van der Waals surface area (Å²) in [6.45, 7) is 0. The Labute approximate surface area is 135 Å². The summed E-state index contributed by atoms with van der Waals surface area (Å²) in [6.07, 6.45) is 1.66. The number of nitrogens with zero attached hydrogens (tertiary/aromatic N) is 2. The first-order chi connectivity index (χ1) is 11.5. The van der Waals surface area contributed by atoms with Gasteiger partial charge in [-0.3, -0.25) is 4.79 Å². The molecule has 0 fully saturated rings. The first-order valence-corrected chi connectivity index (χ1v) is 7.04. The topological polar surface area (TPSA) is 94.7 Å². The number of carbonyl (C=O) groups is 1. The van der Waals surface area contributed by atoms with Crippen molar-refractivity contribution >= 4 is 34.4 Å². The van der Waals surface area contributed by atoms with E-state index < -0.39 is 17.5 Å². The lowest BCUT2D eigenvalue weighted by Gasteiger charge is -2.13. The second-order valence-electron chi connectivity index (χ2n) is 4.90. The smallest absolute Gasteiger partial charge is 0.256 e. The quantitative estimate of drug-likeness (QED) is 0.588. The van der Waals surface area contributed by atoms with E-state index in [0.717, 1.165) is 6.07 Å². The van der Waals surface area contributed by atoms with E-state index >= 15 is 0 Å². The highest BCUT2D eigenvalue weighted by atomic mass is 19.1. The number of carbonyl (C=O) groups excluding carboxylic acids is 1. The second kappa shape index (κ2) is 6.11. The van der Waals surface area contributed by atoms with Crippen LogP contribution in [0.2, 0.25) is 0 Å². The SMILES string of the molecule is CNC(=O)c1c(F)cc(F)cc1Nc1nc(NC)nc2[nH]ccc12. The highest BCUT2D eigenvalue weighted by molar-refractivity contribution is 6.01. The van der Waals surface area contributed by atoms with Gasteiger partial charge in [0, 0.05) is 26.4 Å². The Morgan fingerprint density at radius 2 is 2.00 bits per heavy atom. The molecule has 9 heteroatoms. The molecule has 124 valence electrons. The van der Waals surface area contributed by atoms with Crippen LogP contribution < -0.4 is 16.0 Å². The largest absolute Gasteiger partial charge is 0.357 e. The van der Waals surface area contributed by atoms with Gasteiger partial charge in [0.2, 0.25) is 5.95 Å². The second-order valence-corrected chi connectivity index (χ2v) is 4.90. The van der Waals surface area contributed by atoms with E-state index in [9.17, 15) is 13.6 Å². The standard InChI is InChI=1S/C15H14F2N6O/c1-18-14(24)11-9(17)5-7(16)6-10(11)21-13-8-3-4-20-12(8)22-15(19-2)23-13/h3-6H,1-2H3,(H,18,24)(H3,19,20,21,22,23). The van der Waals surface area contributed by atoms with Gasteiger partial charge in [-0.05, 0) is 12.1 Å². The Hall–Kier alpha value is -3.23. The van der Waals surface area contributed by atoms with Crippen molar-refractivity contribution in [3.8, 4) is 0 Å². The van der Waals surface area contributed by atoms with Gasteiger partial charge in [0.05, 0.1) is 16.6 Å². The Morgan fingerprint density at radius 1 is 1.21 bits per heavy atom. The van der Waals surface area contributed by atoms with E-state index in [1.807, 2.05) is 0 Å². The number of aromatic amines is 1. The Morgan fingerprint density at radius 3 is 2.71 bits per heavy atom. The van der Waals surface area contributed by atoms with Crippen LogP contribution in [-0.4, -0.2) is 35.0 Å². The maximum absolute atomic E-state index is 14.1. The number of anilines is 3. The minimum atomic E-state index is -0.968. The van der Waals surface area contributed by atoms with Gasteiger partial charge in [0.15, 0.2) is 0 Å². The zero-order chi connectivity index (χ0) is 17.3. The number of hydrogen-bond donors (Lipinski definition) is 4. The number of aromatic nitrogens is 3. The van der Waals surface area contributed by atoms with Crippen LogP contribution in [0.15, 0.2) is 24.4 Å². The van der Waals surface area contributed by atoms with Crippen LogP contribution >= 0.6 is 0 Å². The minimum Gasteiger partial charge on any atom is -0.357 e. The lowest BCUT2D eigenvalue weighted by molar-refractivity contribution is 0.0960. The molecule has 0 radical (unpaired) electrons. The minimum absolute atomic E-state index is 0.0323. The zero-order valence-electron chi connectivity index (χ0n) is 12.9. The van der Waals surface area contributed by atoms with Gasteiger partial charge in [-0.2, -0.15) is 9.97 Å². The molecule has 2 aromatic heterocycles. The summed E-state index contributed by atoms with van der Waals surface area (Å²) >= 11 is 0. The molecule has 1 aromatic carbocycles. The first-order valence-electron chi connectivity index (χ1n) is 7.04. The molecule has 0 aliphatic heterocycles. The fourth-order valence-corrected chi connectivity index (χ4v) is 2.30. The molecular formula is C15H14F2N6O. The van der Waals surface area contributed by atoms with E-state index in [2.05, 4.69) is 30.9 Å². The molecule has 0 aliphatic rings. The fraction of sp³-hybridized carbons (Fsp3) is 0.133. The predicted molar refractivity (Wildman–Crippen MR) is 86.5 cm³/mol. The van der Waals surface area contributed by atoms with E-state index in [4.69, 9.17) is 0 Å². The Bertz CT molecular complexity index is 924. The molecular weight excluding hydrogens is 318 g/mol. The Balaban J connectivity index is 2.15. The van der Waals surface area contributed by atoms with Crippen LogP contribution in [0.1, 0.15) is 10.4 Å². The molecule has 7 nitrogen and oxygen atoms in total. The summed E-state index contributed by atoms with van der Waals surface area (Å²) in [5.74, 6) is -1.84. The van der Waals surface area contributed by atoms with Gasteiger partial charge in [0.1, 0.15) is 23.1 Å². The molecule has 3 aromatic rings. The average Bonchev–Trinajstić information content (AvgIpc) is 3.02. The van der Waals surface area contributed by atoms with Crippen LogP contribution in [0.25, 0.3) is 11.0 Å². The predicted octanol–water partition coefficient (Wildman–Crippen LogP) is 2.38. The van der Waals surface area contributed by atoms with Gasteiger partial charge < -0.3 is 20.9 Å². The third-order valence-electron chi connectivity index (χ3n) is 3.40. The summed E-state index contributed by atoms with van der Waals surface area (Å²) in [4.78, 5) is 23.3. The fourth-order valence-electron chi connectivity index (χ4n) is 2.30. The highest BCUT2D eigenvalue weighted by Crippen LogP contribution is 2.28. The number of nitrogens with one attached hydrogen (secondary N) is 4. The molecule has 0 bridgehead atoms. The molecule has 3 rings (SSSR count). The summed E-state index contributed by atoms with van der Waals surface area (Å²) in [7, 11) is 3.01. The molecule has 4 N–H and O–H groups in total. The van der Waals surface area contributed by atoms with Crippen LogP contribution in [0, 0.1) is 11.6 Å². The summed E-state index contributed by atoms with van der Waals surface area (Å²) in [6, 6.07) is 3.40. The van der Waals surface area contributed by atoms with Crippen molar-refractivity contribution in [2.75, 3.05) is 24.7 Å². The maximum Gasteiger partial charge on any atom is 0.256 e. The van der Waals surface area contributed by atoms with Crippen molar-refractivity contribution in [2.45, 2.75) is 0 Å². The van der Waals surface area contributed by atoms with Crippen molar-refractivity contribution in [2.24, 2.45) is 0 Å². The lowest BCUT2D eigenvalue weighted by Crippen LogP contribution is -2.21. The monoisotopic (exact) mass is 332 g/mol. The van der Waals surface area contributed by atoms with Crippen molar-refractivity contribution in [3.05, 3.63) is 41.6 Å². The lowest BCUT2D eigenvalue weighted by atomic mass is 10.1.